The Morgan fingerprint density at radius 3 is 2.89 bits per heavy atom. The van der Waals surface area contributed by atoms with Crippen LogP contribution in [0.25, 0.3) is 10.9 Å². The molecule has 19 heavy (non-hydrogen) atoms. The SMILES string of the molecule is CNC(=O)c1cnc2c(Cl)ccc3c2c1NNC3=O. The van der Waals surface area contributed by atoms with E-state index in [-0.39, 0.29) is 11.8 Å². The van der Waals surface area contributed by atoms with Crippen molar-refractivity contribution in [1.29, 1.82) is 0 Å². The summed E-state index contributed by atoms with van der Waals surface area (Å²) in [6.07, 6.45) is 1.43. The monoisotopic (exact) mass is 276 g/mol. The summed E-state index contributed by atoms with van der Waals surface area (Å²) in [6, 6.07) is 3.22. The van der Waals surface area contributed by atoms with Crippen molar-refractivity contribution < 1.29 is 9.59 Å². The molecule has 0 saturated heterocycles. The van der Waals surface area contributed by atoms with Crippen molar-refractivity contribution >= 4 is 40.0 Å². The van der Waals surface area contributed by atoms with Crippen LogP contribution in [-0.4, -0.2) is 23.8 Å². The third-order valence-electron chi connectivity index (χ3n) is 2.99. The molecular formula is C12H9ClN4O2. The lowest BCUT2D eigenvalue weighted by Gasteiger charge is -2.21. The third-order valence-corrected chi connectivity index (χ3v) is 3.29. The molecule has 2 heterocycles. The van der Waals surface area contributed by atoms with Crippen LogP contribution >= 0.6 is 11.6 Å². The van der Waals surface area contributed by atoms with Crippen molar-refractivity contribution in [2.24, 2.45) is 0 Å². The van der Waals surface area contributed by atoms with E-state index in [1.54, 1.807) is 12.1 Å². The molecule has 7 heteroatoms. The molecule has 2 aromatic rings. The molecule has 2 amide bonds. The average molecular weight is 277 g/mol. The molecule has 0 bridgehead atoms. The third kappa shape index (κ3) is 1.61. The summed E-state index contributed by atoms with van der Waals surface area (Å²) in [7, 11) is 1.53. The maximum absolute atomic E-state index is 11.8. The largest absolute Gasteiger partial charge is 0.355 e. The first-order valence-electron chi connectivity index (χ1n) is 5.53. The number of benzene rings is 1. The van der Waals surface area contributed by atoms with Crippen LogP contribution in [-0.2, 0) is 0 Å². The second kappa shape index (κ2) is 4.10. The summed E-state index contributed by atoms with van der Waals surface area (Å²) in [5.74, 6) is -0.580. The molecule has 0 atom stereocenters. The highest BCUT2D eigenvalue weighted by Crippen LogP contribution is 2.34. The van der Waals surface area contributed by atoms with Crippen LogP contribution in [0.2, 0.25) is 5.02 Å². The van der Waals surface area contributed by atoms with Gasteiger partial charge in [-0.25, -0.2) is 0 Å². The Morgan fingerprint density at radius 1 is 1.37 bits per heavy atom. The fraction of sp³-hybridized carbons (Fsp3) is 0.0833. The maximum atomic E-state index is 11.8. The Morgan fingerprint density at radius 2 is 2.16 bits per heavy atom. The van der Waals surface area contributed by atoms with Gasteiger partial charge in [-0.3, -0.25) is 25.4 Å². The highest BCUT2D eigenvalue weighted by Gasteiger charge is 2.24. The van der Waals surface area contributed by atoms with Gasteiger partial charge >= 0.3 is 0 Å². The van der Waals surface area contributed by atoms with Gasteiger partial charge in [0.05, 0.1) is 27.4 Å². The minimum atomic E-state index is -0.293. The summed E-state index contributed by atoms with van der Waals surface area (Å²) in [4.78, 5) is 27.8. The Bertz CT molecular complexity index is 729. The summed E-state index contributed by atoms with van der Waals surface area (Å²) in [5.41, 5.74) is 7.00. The zero-order valence-corrected chi connectivity index (χ0v) is 10.6. The van der Waals surface area contributed by atoms with Crippen LogP contribution in [0, 0.1) is 0 Å². The van der Waals surface area contributed by atoms with Gasteiger partial charge < -0.3 is 5.32 Å². The predicted octanol–water partition coefficient (Wildman–Crippen LogP) is 1.32. The molecule has 1 aliphatic rings. The fourth-order valence-electron chi connectivity index (χ4n) is 2.09. The highest BCUT2D eigenvalue weighted by atomic mass is 35.5. The van der Waals surface area contributed by atoms with Crippen molar-refractivity contribution in [2.75, 3.05) is 12.5 Å². The Balaban J connectivity index is 2.43. The van der Waals surface area contributed by atoms with E-state index < -0.39 is 0 Å². The van der Waals surface area contributed by atoms with Gasteiger partial charge in [-0.15, -0.1) is 0 Å². The number of pyridine rings is 1. The van der Waals surface area contributed by atoms with Crippen molar-refractivity contribution in [3.63, 3.8) is 0 Å². The lowest BCUT2D eigenvalue weighted by atomic mass is 10.0. The second-order valence-electron chi connectivity index (χ2n) is 4.02. The number of nitrogens with one attached hydrogen (secondary N) is 3. The molecule has 0 radical (unpaired) electrons. The van der Waals surface area contributed by atoms with Crippen LogP contribution in [0.3, 0.4) is 0 Å². The van der Waals surface area contributed by atoms with Crippen LogP contribution in [0.5, 0.6) is 0 Å². The Labute approximate surface area is 113 Å². The van der Waals surface area contributed by atoms with E-state index in [1.807, 2.05) is 0 Å². The molecule has 3 rings (SSSR count). The van der Waals surface area contributed by atoms with Gasteiger partial charge in [0.15, 0.2) is 0 Å². The molecule has 1 aliphatic heterocycles. The molecule has 0 unspecified atom stereocenters. The number of hydrazine groups is 1. The minimum Gasteiger partial charge on any atom is -0.355 e. The van der Waals surface area contributed by atoms with Crippen molar-refractivity contribution in [3.8, 4) is 0 Å². The van der Waals surface area contributed by atoms with Crippen LogP contribution in [0.1, 0.15) is 20.7 Å². The Kier molecular flexibility index (Phi) is 2.53. The molecule has 0 spiro atoms. The zero-order chi connectivity index (χ0) is 13.6. The molecule has 96 valence electrons. The molecule has 1 aromatic heterocycles. The first-order valence-corrected chi connectivity index (χ1v) is 5.91. The quantitative estimate of drug-likeness (QED) is 0.733. The molecule has 0 fully saturated rings. The van der Waals surface area contributed by atoms with Crippen LogP contribution < -0.4 is 16.2 Å². The van der Waals surface area contributed by atoms with Crippen molar-refractivity contribution in [3.05, 3.63) is 34.5 Å². The maximum Gasteiger partial charge on any atom is 0.270 e. The molecule has 0 aliphatic carbocycles. The predicted molar refractivity (Wildman–Crippen MR) is 71.2 cm³/mol. The standard InChI is InChI=1S/C12H9ClN4O2/c1-14-11(18)6-4-15-10-7(13)3-2-5-8(10)9(6)16-17-12(5)19/h2-4,16H,1H3,(H,14,18)(H,17,19). The minimum absolute atomic E-state index is 0.287. The van der Waals surface area contributed by atoms with Crippen LogP contribution in [0.15, 0.2) is 18.3 Å². The lowest BCUT2D eigenvalue weighted by molar-refractivity contribution is 0.0948. The topological polar surface area (TPSA) is 83.1 Å². The van der Waals surface area contributed by atoms with Gasteiger partial charge in [-0.1, -0.05) is 11.6 Å². The number of aromatic nitrogens is 1. The molecule has 0 saturated carbocycles. The average Bonchev–Trinajstić information content (AvgIpc) is 2.43. The van der Waals surface area contributed by atoms with E-state index in [0.717, 1.165) is 0 Å². The van der Waals surface area contributed by atoms with E-state index >= 15 is 0 Å². The first kappa shape index (κ1) is 11.7. The number of carbonyl (C=O) groups is 2. The number of anilines is 1. The lowest BCUT2D eigenvalue weighted by Crippen LogP contribution is -2.35. The summed E-state index contributed by atoms with van der Waals surface area (Å²) in [6.45, 7) is 0. The fourth-order valence-corrected chi connectivity index (χ4v) is 2.29. The summed E-state index contributed by atoms with van der Waals surface area (Å²) < 4.78 is 0. The molecule has 3 N–H and O–H groups in total. The normalized spacial score (nSPS) is 12.8. The smallest absolute Gasteiger partial charge is 0.270 e. The summed E-state index contributed by atoms with van der Waals surface area (Å²) >= 11 is 6.07. The van der Waals surface area contributed by atoms with Gasteiger partial charge in [0, 0.05) is 18.6 Å². The van der Waals surface area contributed by atoms with E-state index in [9.17, 15) is 9.59 Å². The van der Waals surface area contributed by atoms with E-state index in [2.05, 4.69) is 21.2 Å². The van der Waals surface area contributed by atoms with Gasteiger partial charge in [-0.05, 0) is 12.1 Å². The summed E-state index contributed by atoms with van der Waals surface area (Å²) in [5, 5.41) is 3.51. The van der Waals surface area contributed by atoms with Gasteiger partial charge in [0.25, 0.3) is 11.8 Å². The number of amides is 2. The molecule has 6 nitrogen and oxygen atoms in total. The van der Waals surface area contributed by atoms with Gasteiger partial charge in [0.1, 0.15) is 0 Å². The zero-order valence-electron chi connectivity index (χ0n) is 9.87. The number of rotatable bonds is 1. The number of halogens is 1. The van der Waals surface area contributed by atoms with E-state index in [1.165, 1.54) is 13.2 Å². The first-order chi connectivity index (χ1) is 9.13. The van der Waals surface area contributed by atoms with Crippen molar-refractivity contribution in [1.82, 2.24) is 15.7 Å². The van der Waals surface area contributed by atoms with Gasteiger partial charge in [0.2, 0.25) is 0 Å². The van der Waals surface area contributed by atoms with Crippen LogP contribution in [0.4, 0.5) is 5.69 Å². The Hall–Kier alpha value is -2.34. The number of nitrogens with zero attached hydrogens (tertiary/aromatic N) is 1. The highest BCUT2D eigenvalue weighted by molar-refractivity contribution is 6.36. The number of carbonyl (C=O) groups excluding carboxylic acids is 2. The second-order valence-corrected chi connectivity index (χ2v) is 4.43. The van der Waals surface area contributed by atoms with Crippen molar-refractivity contribution in [2.45, 2.75) is 0 Å². The van der Waals surface area contributed by atoms with E-state index in [0.29, 0.717) is 32.7 Å². The number of hydrogen-bond acceptors (Lipinski definition) is 4. The van der Waals surface area contributed by atoms with Gasteiger partial charge in [-0.2, -0.15) is 0 Å². The molecular weight excluding hydrogens is 268 g/mol. The molecule has 1 aromatic carbocycles. The van der Waals surface area contributed by atoms with E-state index in [4.69, 9.17) is 11.6 Å². The number of hydrogen-bond donors (Lipinski definition) is 3.